The highest BCUT2D eigenvalue weighted by molar-refractivity contribution is 5.87. The molecule has 10 heteroatoms. The first-order chi connectivity index (χ1) is 13.3. The van der Waals surface area contributed by atoms with Crippen LogP contribution in [-0.4, -0.2) is 39.4 Å². The lowest BCUT2D eigenvalue weighted by Crippen LogP contribution is -2.14. The predicted octanol–water partition coefficient (Wildman–Crippen LogP) is 3.53. The summed E-state index contributed by atoms with van der Waals surface area (Å²) >= 11 is 0. The summed E-state index contributed by atoms with van der Waals surface area (Å²) in [6.07, 6.45) is -3.39. The number of halogens is 3. The monoisotopic (exact) mass is 392 g/mol. The summed E-state index contributed by atoms with van der Waals surface area (Å²) in [5.41, 5.74) is -0.703. The fourth-order valence-electron chi connectivity index (χ4n) is 2.34. The minimum Gasteiger partial charge on any atom is -0.497 e. The Hall–Kier alpha value is -3.43. The maximum Gasteiger partial charge on any atom is 0.433 e. The van der Waals surface area contributed by atoms with Crippen LogP contribution in [0.1, 0.15) is 23.1 Å². The van der Waals surface area contributed by atoms with Crippen LogP contribution in [0, 0.1) is 0 Å². The van der Waals surface area contributed by atoms with Crippen LogP contribution in [0.5, 0.6) is 5.75 Å². The summed E-state index contributed by atoms with van der Waals surface area (Å²) in [5, 5.41) is 3.91. The van der Waals surface area contributed by atoms with Crippen molar-refractivity contribution in [2.75, 3.05) is 13.7 Å². The van der Waals surface area contributed by atoms with Crippen molar-refractivity contribution >= 4 is 5.97 Å². The standard InChI is InChI=1S/C18H15F3N4O3/c1-3-28-16(26)13-8-9-25(24-13)17-22-14(10-15(23-17)18(19,20)21)11-4-6-12(27-2)7-5-11/h4-10H,3H2,1-2H3. The molecular formula is C18H15F3N4O3. The van der Waals surface area contributed by atoms with Gasteiger partial charge in [-0.2, -0.15) is 18.3 Å². The van der Waals surface area contributed by atoms with Gasteiger partial charge in [0, 0.05) is 11.8 Å². The molecule has 0 bridgehead atoms. The number of rotatable bonds is 5. The van der Waals surface area contributed by atoms with E-state index in [1.807, 2.05) is 0 Å². The summed E-state index contributed by atoms with van der Waals surface area (Å²) in [7, 11) is 1.48. The number of aromatic nitrogens is 4. The zero-order valence-electron chi connectivity index (χ0n) is 14.9. The number of hydrogen-bond donors (Lipinski definition) is 0. The number of esters is 1. The number of carbonyl (C=O) groups excluding carboxylic acids is 1. The highest BCUT2D eigenvalue weighted by Gasteiger charge is 2.34. The Morgan fingerprint density at radius 3 is 2.46 bits per heavy atom. The third-order valence-corrected chi connectivity index (χ3v) is 3.67. The molecule has 2 heterocycles. The van der Waals surface area contributed by atoms with Gasteiger partial charge in [-0.3, -0.25) is 0 Å². The van der Waals surface area contributed by atoms with Gasteiger partial charge in [0.15, 0.2) is 11.4 Å². The molecule has 0 unspecified atom stereocenters. The van der Waals surface area contributed by atoms with Crippen LogP contribution in [0.15, 0.2) is 42.6 Å². The van der Waals surface area contributed by atoms with Crippen LogP contribution in [0.25, 0.3) is 17.2 Å². The third kappa shape index (κ3) is 4.11. The van der Waals surface area contributed by atoms with Gasteiger partial charge in [0.2, 0.25) is 0 Å². The molecule has 3 rings (SSSR count). The van der Waals surface area contributed by atoms with Crippen molar-refractivity contribution in [3.63, 3.8) is 0 Å². The predicted molar refractivity (Wildman–Crippen MR) is 92.1 cm³/mol. The van der Waals surface area contributed by atoms with Crippen LogP contribution >= 0.6 is 0 Å². The van der Waals surface area contributed by atoms with Crippen LogP contribution < -0.4 is 4.74 Å². The molecule has 0 saturated carbocycles. The van der Waals surface area contributed by atoms with E-state index in [-0.39, 0.29) is 23.9 Å². The first kappa shape index (κ1) is 19.3. The zero-order chi connectivity index (χ0) is 20.3. The average Bonchev–Trinajstić information content (AvgIpc) is 3.18. The molecule has 0 fully saturated rings. The Labute approximate surface area is 157 Å². The lowest BCUT2D eigenvalue weighted by atomic mass is 10.1. The van der Waals surface area contributed by atoms with Crippen molar-refractivity contribution in [2.45, 2.75) is 13.1 Å². The summed E-state index contributed by atoms with van der Waals surface area (Å²) in [4.78, 5) is 19.4. The van der Waals surface area contributed by atoms with Gasteiger partial charge < -0.3 is 9.47 Å². The molecule has 0 N–H and O–H groups in total. The van der Waals surface area contributed by atoms with Crippen LogP contribution in [0.2, 0.25) is 0 Å². The van der Waals surface area contributed by atoms with E-state index in [1.165, 1.54) is 19.4 Å². The van der Waals surface area contributed by atoms with Gasteiger partial charge in [-0.1, -0.05) is 0 Å². The summed E-state index contributed by atoms with van der Waals surface area (Å²) in [5.74, 6) is -0.458. The third-order valence-electron chi connectivity index (χ3n) is 3.67. The number of benzene rings is 1. The lowest BCUT2D eigenvalue weighted by Gasteiger charge is -2.11. The van der Waals surface area contributed by atoms with E-state index < -0.39 is 17.8 Å². The SMILES string of the molecule is CCOC(=O)c1ccn(-c2nc(-c3ccc(OC)cc3)cc(C(F)(F)F)n2)n1. The highest BCUT2D eigenvalue weighted by Crippen LogP contribution is 2.31. The maximum absolute atomic E-state index is 13.3. The van der Waals surface area contributed by atoms with Gasteiger partial charge in [0.1, 0.15) is 5.75 Å². The van der Waals surface area contributed by atoms with Gasteiger partial charge in [-0.15, -0.1) is 0 Å². The van der Waals surface area contributed by atoms with Crippen molar-refractivity contribution in [1.29, 1.82) is 0 Å². The minimum absolute atomic E-state index is 0.0492. The van der Waals surface area contributed by atoms with E-state index in [4.69, 9.17) is 9.47 Å². The van der Waals surface area contributed by atoms with Crippen molar-refractivity contribution in [3.05, 3.63) is 54.0 Å². The topological polar surface area (TPSA) is 79.1 Å². The molecule has 0 saturated heterocycles. The number of ether oxygens (including phenoxy) is 2. The average molecular weight is 392 g/mol. The van der Waals surface area contributed by atoms with E-state index >= 15 is 0 Å². The van der Waals surface area contributed by atoms with Crippen molar-refractivity contribution < 1.29 is 27.4 Å². The molecule has 0 spiro atoms. The van der Waals surface area contributed by atoms with E-state index in [9.17, 15) is 18.0 Å². The van der Waals surface area contributed by atoms with Gasteiger partial charge in [-0.05, 0) is 43.3 Å². The number of carbonyl (C=O) groups is 1. The first-order valence-electron chi connectivity index (χ1n) is 8.15. The van der Waals surface area contributed by atoms with E-state index in [1.54, 1.807) is 31.2 Å². The number of hydrogen-bond acceptors (Lipinski definition) is 6. The molecular weight excluding hydrogens is 377 g/mol. The van der Waals surface area contributed by atoms with Crippen LogP contribution in [0.4, 0.5) is 13.2 Å². The minimum atomic E-state index is -4.68. The van der Waals surface area contributed by atoms with Gasteiger partial charge in [0.05, 0.1) is 19.4 Å². The summed E-state index contributed by atoms with van der Waals surface area (Å²) in [6, 6.07) is 8.54. The lowest BCUT2D eigenvalue weighted by molar-refractivity contribution is -0.141. The number of alkyl halides is 3. The Morgan fingerprint density at radius 1 is 1.14 bits per heavy atom. The molecule has 0 atom stereocenters. The summed E-state index contributed by atoms with van der Waals surface area (Å²) in [6.45, 7) is 1.78. The zero-order valence-corrected chi connectivity index (χ0v) is 14.9. The van der Waals surface area contributed by atoms with Gasteiger partial charge in [-0.25, -0.2) is 19.4 Å². The highest BCUT2D eigenvalue weighted by atomic mass is 19.4. The Morgan fingerprint density at radius 2 is 1.86 bits per heavy atom. The molecule has 3 aromatic rings. The second-order valence-electron chi connectivity index (χ2n) is 5.53. The quantitative estimate of drug-likeness (QED) is 0.618. The Kier molecular flexibility index (Phi) is 5.30. The molecule has 0 aliphatic carbocycles. The van der Waals surface area contributed by atoms with E-state index in [0.29, 0.717) is 11.3 Å². The molecule has 0 amide bonds. The molecule has 146 valence electrons. The molecule has 0 aliphatic heterocycles. The molecule has 2 aromatic heterocycles. The number of nitrogens with zero attached hydrogens (tertiary/aromatic N) is 4. The Balaban J connectivity index is 2.07. The summed E-state index contributed by atoms with van der Waals surface area (Å²) < 4.78 is 50.8. The van der Waals surface area contributed by atoms with Crippen molar-refractivity contribution in [1.82, 2.24) is 19.7 Å². The largest absolute Gasteiger partial charge is 0.497 e. The van der Waals surface area contributed by atoms with Crippen LogP contribution in [-0.2, 0) is 10.9 Å². The van der Waals surface area contributed by atoms with Crippen molar-refractivity contribution in [3.8, 4) is 23.0 Å². The van der Waals surface area contributed by atoms with Gasteiger partial charge in [0.25, 0.3) is 5.95 Å². The van der Waals surface area contributed by atoms with Crippen molar-refractivity contribution in [2.24, 2.45) is 0 Å². The fourth-order valence-corrected chi connectivity index (χ4v) is 2.34. The fraction of sp³-hybridized carbons (Fsp3) is 0.222. The van der Waals surface area contributed by atoms with E-state index in [2.05, 4.69) is 15.1 Å². The molecule has 0 radical (unpaired) electrons. The molecule has 1 aromatic carbocycles. The Bertz CT molecular complexity index is 984. The van der Waals surface area contributed by atoms with Crippen LogP contribution in [0.3, 0.4) is 0 Å². The van der Waals surface area contributed by atoms with E-state index in [0.717, 1.165) is 10.7 Å². The maximum atomic E-state index is 13.3. The number of methoxy groups -OCH3 is 1. The molecule has 7 nitrogen and oxygen atoms in total. The second kappa shape index (κ2) is 7.67. The molecule has 28 heavy (non-hydrogen) atoms. The first-order valence-corrected chi connectivity index (χ1v) is 8.15. The normalized spacial score (nSPS) is 11.3. The molecule has 0 aliphatic rings. The smallest absolute Gasteiger partial charge is 0.433 e. The van der Waals surface area contributed by atoms with Gasteiger partial charge >= 0.3 is 12.1 Å². The second-order valence-corrected chi connectivity index (χ2v) is 5.53.